The Labute approximate surface area is 326 Å². The van der Waals surface area contributed by atoms with E-state index < -0.39 is 12.1 Å². The number of likely N-dealkylation sites (N-methyl/N-ethyl adjacent to an activating group) is 3. The molecular formula is C42H73N5O7. The number of Topliss-reactive ketones (excluding diaryl/α,β-unsaturated/α-hetero) is 2. The van der Waals surface area contributed by atoms with Gasteiger partial charge in [-0.2, -0.15) is 0 Å². The number of nitrogens with one attached hydrogen (secondary N) is 2. The molecule has 1 saturated heterocycles. The number of benzene rings is 1. The van der Waals surface area contributed by atoms with Gasteiger partial charge in [-0.1, -0.05) is 85.2 Å². The number of nitrogens with zero attached hydrogens (tertiary/aromatic N) is 3. The smallest absolute Gasteiger partial charge is 0.245 e. The van der Waals surface area contributed by atoms with Crippen molar-refractivity contribution in [2.75, 3.05) is 49.0 Å². The second-order valence-electron chi connectivity index (χ2n) is 16.0. The SMILES string of the molecule is CC[C@H](C)[C@@H]([C@@H](CC(C)=O)OC)N(C)C(=O)[C@@H](NC(=O)[C@H](C(C)C)N(C)C)C(C)C.CO[C@H]([C@@H](C)C(=O)N[C@H](C)C(=O)c1ccccc1)[C@@H]1CCCN1C. The van der Waals surface area contributed by atoms with Gasteiger partial charge in [-0.25, -0.2) is 0 Å². The van der Waals surface area contributed by atoms with Gasteiger partial charge in [0.1, 0.15) is 11.8 Å². The second kappa shape index (κ2) is 23.7. The highest BCUT2D eigenvalue weighted by molar-refractivity contribution is 6.01. The summed E-state index contributed by atoms with van der Waals surface area (Å²) in [6, 6.07) is 7.50. The maximum absolute atomic E-state index is 13.5. The number of hydrogen-bond acceptors (Lipinski definition) is 9. The summed E-state index contributed by atoms with van der Waals surface area (Å²) >= 11 is 0. The van der Waals surface area contributed by atoms with Crippen molar-refractivity contribution in [1.82, 2.24) is 25.3 Å². The number of rotatable bonds is 20. The molecular weight excluding hydrogens is 686 g/mol. The predicted octanol–water partition coefficient (Wildman–Crippen LogP) is 4.70. The number of amides is 3. The molecule has 12 nitrogen and oxygen atoms in total. The zero-order valence-electron chi connectivity index (χ0n) is 36.0. The van der Waals surface area contributed by atoms with Gasteiger partial charge in [0.05, 0.1) is 36.3 Å². The van der Waals surface area contributed by atoms with E-state index in [1.807, 2.05) is 71.8 Å². The third kappa shape index (κ3) is 14.1. The highest BCUT2D eigenvalue weighted by Gasteiger charge is 2.39. The Morgan fingerprint density at radius 3 is 1.89 bits per heavy atom. The van der Waals surface area contributed by atoms with Crippen LogP contribution < -0.4 is 10.6 Å². The standard InChI is InChI=1S/C23H45N3O4.C19H28N2O3/c1-12-16(6)21(18(30-11)13-17(7)27)26(10)23(29)19(14(2)3)24-22(28)20(15(4)5)25(8)9;1-13(18(24-4)16-11-8-12-21(16)3)19(23)20-14(2)17(22)15-9-6-5-7-10-15/h14-16,18-21H,12-13H2,1-11H3,(H,24,28);5-7,9-10,13-14,16,18H,8,11-12H2,1-4H3,(H,20,23)/t16-,18+,19-,20-,21-;13-,14-,16+,18-/m01/s1. The van der Waals surface area contributed by atoms with Crippen LogP contribution in [0.3, 0.4) is 0 Å². The molecule has 1 aromatic rings. The number of ether oxygens (including phenoxy) is 2. The number of likely N-dealkylation sites (tertiary alicyclic amines) is 1. The molecule has 2 rings (SSSR count). The highest BCUT2D eigenvalue weighted by atomic mass is 16.5. The molecule has 0 radical (unpaired) electrons. The van der Waals surface area contributed by atoms with Gasteiger partial charge in [0.15, 0.2) is 5.78 Å². The topological polar surface area (TPSA) is 138 Å². The lowest BCUT2D eigenvalue weighted by atomic mass is 9.89. The van der Waals surface area contributed by atoms with Crippen molar-refractivity contribution < 1.29 is 33.4 Å². The number of methoxy groups -OCH3 is 2. The molecule has 1 aliphatic rings. The monoisotopic (exact) mass is 760 g/mol. The summed E-state index contributed by atoms with van der Waals surface area (Å²) in [6.07, 6.45) is 2.69. The molecule has 1 aliphatic heterocycles. The lowest BCUT2D eigenvalue weighted by molar-refractivity contribution is -0.144. The predicted molar refractivity (Wildman–Crippen MR) is 215 cm³/mol. The van der Waals surface area contributed by atoms with Crippen molar-refractivity contribution in [3.05, 3.63) is 35.9 Å². The zero-order chi connectivity index (χ0) is 41.4. The first kappa shape index (κ1) is 48.8. The van der Waals surface area contributed by atoms with Gasteiger partial charge in [-0.05, 0) is 72.1 Å². The second-order valence-corrected chi connectivity index (χ2v) is 16.0. The van der Waals surface area contributed by atoms with Crippen LogP contribution in [0.1, 0.15) is 98.4 Å². The normalized spacial score (nSPS) is 19.1. The first-order valence-electron chi connectivity index (χ1n) is 19.6. The van der Waals surface area contributed by atoms with E-state index in [2.05, 4.69) is 36.4 Å². The van der Waals surface area contributed by atoms with Crippen molar-refractivity contribution in [3.63, 3.8) is 0 Å². The molecule has 1 aromatic carbocycles. The van der Waals surface area contributed by atoms with Crippen LogP contribution in [0.2, 0.25) is 0 Å². The fourth-order valence-corrected chi connectivity index (χ4v) is 7.58. The third-order valence-electron chi connectivity index (χ3n) is 10.8. The molecule has 3 amide bonds. The molecule has 12 heteroatoms. The van der Waals surface area contributed by atoms with Crippen molar-refractivity contribution in [3.8, 4) is 0 Å². The van der Waals surface area contributed by atoms with E-state index in [1.165, 1.54) is 6.92 Å². The number of carbonyl (C=O) groups is 5. The molecule has 2 N–H and O–H groups in total. The Bertz CT molecular complexity index is 1320. The van der Waals surface area contributed by atoms with Gasteiger partial charge in [0.25, 0.3) is 0 Å². The van der Waals surface area contributed by atoms with Gasteiger partial charge in [-0.15, -0.1) is 0 Å². The van der Waals surface area contributed by atoms with E-state index in [0.29, 0.717) is 5.56 Å². The summed E-state index contributed by atoms with van der Waals surface area (Å²) in [5, 5.41) is 5.83. The number of hydrogen-bond donors (Lipinski definition) is 2. The molecule has 0 spiro atoms. The minimum atomic E-state index is -0.648. The van der Waals surface area contributed by atoms with Crippen LogP contribution in [0, 0.1) is 23.7 Å². The molecule has 0 unspecified atom stereocenters. The van der Waals surface area contributed by atoms with Crippen molar-refractivity contribution >= 4 is 29.3 Å². The van der Waals surface area contributed by atoms with Crippen LogP contribution >= 0.6 is 0 Å². The molecule has 0 aliphatic carbocycles. The van der Waals surface area contributed by atoms with Crippen LogP contribution in [0.4, 0.5) is 0 Å². The third-order valence-corrected chi connectivity index (χ3v) is 10.8. The van der Waals surface area contributed by atoms with E-state index in [4.69, 9.17) is 9.47 Å². The first-order valence-corrected chi connectivity index (χ1v) is 19.6. The lowest BCUT2D eigenvalue weighted by Gasteiger charge is -2.40. The molecule has 0 bridgehead atoms. The van der Waals surface area contributed by atoms with Crippen molar-refractivity contribution in [1.29, 1.82) is 0 Å². The minimum absolute atomic E-state index is 0.0236. The molecule has 0 aromatic heterocycles. The summed E-state index contributed by atoms with van der Waals surface area (Å²) in [7, 11) is 10.8. The van der Waals surface area contributed by atoms with Gasteiger partial charge < -0.3 is 29.9 Å². The largest absolute Gasteiger partial charge is 0.379 e. The minimum Gasteiger partial charge on any atom is -0.379 e. The van der Waals surface area contributed by atoms with Gasteiger partial charge in [0, 0.05) is 39.3 Å². The van der Waals surface area contributed by atoms with Crippen LogP contribution in [-0.4, -0.2) is 135 Å². The fourth-order valence-electron chi connectivity index (χ4n) is 7.58. The summed E-state index contributed by atoms with van der Waals surface area (Å²) in [5.41, 5.74) is 0.608. The highest BCUT2D eigenvalue weighted by Crippen LogP contribution is 2.26. The zero-order valence-corrected chi connectivity index (χ0v) is 36.0. The maximum Gasteiger partial charge on any atom is 0.245 e. The van der Waals surface area contributed by atoms with E-state index in [1.54, 1.807) is 45.2 Å². The number of carbonyl (C=O) groups excluding carboxylic acids is 5. The summed E-state index contributed by atoms with van der Waals surface area (Å²) in [4.78, 5) is 69.0. The Hall–Kier alpha value is -3.19. The fraction of sp³-hybridized carbons (Fsp3) is 0.738. The quantitative estimate of drug-likeness (QED) is 0.181. The van der Waals surface area contributed by atoms with Gasteiger partial charge in [0.2, 0.25) is 17.7 Å². The van der Waals surface area contributed by atoms with Crippen LogP contribution in [0.5, 0.6) is 0 Å². The number of ketones is 2. The molecule has 1 fully saturated rings. The Kier molecular flexibility index (Phi) is 21.4. The Balaban J connectivity index is 0.000000551. The van der Waals surface area contributed by atoms with E-state index in [-0.39, 0.29) is 89.7 Å². The average Bonchev–Trinajstić information content (AvgIpc) is 3.54. The van der Waals surface area contributed by atoms with E-state index in [0.717, 1.165) is 25.8 Å². The first-order chi connectivity index (χ1) is 25.2. The summed E-state index contributed by atoms with van der Waals surface area (Å²) in [6.45, 7) is 18.1. The van der Waals surface area contributed by atoms with Crippen molar-refractivity contribution in [2.45, 2.75) is 130 Å². The molecule has 54 heavy (non-hydrogen) atoms. The Morgan fingerprint density at radius 2 is 1.46 bits per heavy atom. The van der Waals surface area contributed by atoms with Gasteiger partial charge >= 0.3 is 0 Å². The van der Waals surface area contributed by atoms with Gasteiger partial charge in [-0.3, -0.25) is 28.9 Å². The van der Waals surface area contributed by atoms with E-state index >= 15 is 0 Å². The molecule has 308 valence electrons. The Morgan fingerprint density at radius 1 is 0.870 bits per heavy atom. The lowest BCUT2D eigenvalue weighted by Crippen LogP contribution is -2.59. The van der Waals surface area contributed by atoms with Crippen LogP contribution in [0.15, 0.2) is 30.3 Å². The summed E-state index contributed by atoms with van der Waals surface area (Å²) in [5.74, 6) is -0.647. The van der Waals surface area contributed by atoms with Crippen LogP contribution in [-0.2, 0) is 28.7 Å². The van der Waals surface area contributed by atoms with E-state index in [9.17, 15) is 24.0 Å². The van der Waals surface area contributed by atoms with Crippen LogP contribution in [0.25, 0.3) is 0 Å². The average molecular weight is 760 g/mol. The summed E-state index contributed by atoms with van der Waals surface area (Å²) < 4.78 is 11.3. The molecule has 9 atom stereocenters. The molecule has 1 heterocycles. The van der Waals surface area contributed by atoms with Crippen molar-refractivity contribution in [2.24, 2.45) is 23.7 Å². The molecule has 0 saturated carbocycles. The maximum atomic E-state index is 13.5.